The number of furan rings is 1. The number of benzene rings is 3. The normalized spacial score (nSPS) is 11.1. The van der Waals surface area contributed by atoms with E-state index in [-0.39, 0.29) is 5.91 Å². The number of carbonyl (C=O) groups is 1. The van der Waals surface area contributed by atoms with E-state index in [1.54, 1.807) is 0 Å². The van der Waals surface area contributed by atoms with Crippen LogP contribution < -0.4 is 10.2 Å². The molecule has 4 rings (SSSR count). The number of hydrogen-bond donors (Lipinski definition) is 1. The highest BCUT2D eigenvalue weighted by Gasteiger charge is 2.18. The molecule has 1 N–H and O–H groups in total. The number of rotatable bonds is 4. The molecule has 0 atom stereocenters. The maximum Gasteiger partial charge on any atom is 0.287 e. The van der Waals surface area contributed by atoms with Crippen LogP contribution in [0.4, 0.5) is 5.69 Å². The Bertz CT molecular complexity index is 1120. The van der Waals surface area contributed by atoms with E-state index in [4.69, 9.17) is 4.42 Å². The average Bonchev–Trinajstić information content (AvgIpc) is 3.03. The second-order valence-electron chi connectivity index (χ2n) is 6.96. The van der Waals surface area contributed by atoms with Gasteiger partial charge >= 0.3 is 0 Å². The van der Waals surface area contributed by atoms with Crippen LogP contribution in [0, 0.1) is 6.92 Å². The van der Waals surface area contributed by atoms with Gasteiger partial charge in [0.05, 0.1) is 0 Å². The van der Waals surface area contributed by atoms with Gasteiger partial charge in [0.15, 0.2) is 5.76 Å². The molecule has 1 aromatic heterocycles. The first-order valence-corrected chi connectivity index (χ1v) is 9.00. The summed E-state index contributed by atoms with van der Waals surface area (Å²) in [6.07, 6.45) is 0. The van der Waals surface area contributed by atoms with E-state index in [1.165, 1.54) is 0 Å². The number of anilines is 1. The van der Waals surface area contributed by atoms with E-state index >= 15 is 0 Å². The zero-order valence-corrected chi connectivity index (χ0v) is 15.7. The van der Waals surface area contributed by atoms with Crippen LogP contribution in [0.2, 0.25) is 0 Å². The zero-order chi connectivity index (χ0) is 19.0. The summed E-state index contributed by atoms with van der Waals surface area (Å²) in [6, 6.07) is 20.3. The molecule has 4 heteroatoms. The van der Waals surface area contributed by atoms with Gasteiger partial charge in [0.2, 0.25) is 0 Å². The summed E-state index contributed by atoms with van der Waals surface area (Å²) in [7, 11) is 4.01. The lowest BCUT2D eigenvalue weighted by molar-refractivity contribution is 0.0924. The van der Waals surface area contributed by atoms with Crippen molar-refractivity contribution in [1.29, 1.82) is 0 Å². The quantitative estimate of drug-likeness (QED) is 0.565. The van der Waals surface area contributed by atoms with Crippen LogP contribution in [0.5, 0.6) is 0 Å². The maximum atomic E-state index is 12.7. The molecule has 4 aromatic rings. The molecule has 0 fully saturated rings. The predicted molar refractivity (Wildman–Crippen MR) is 110 cm³/mol. The van der Waals surface area contributed by atoms with Gasteiger partial charge in [-0.15, -0.1) is 0 Å². The van der Waals surface area contributed by atoms with Crippen LogP contribution >= 0.6 is 0 Å². The lowest BCUT2D eigenvalue weighted by atomic mass is 10.1. The maximum absolute atomic E-state index is 12.7. The summed E-state index contributed by atoms with van der Waals surface area (Å²) in [5.74, 6) is 0.190. The van der Waals surface area contributed by atoms with Crippen LogP contribution in [-0.4, -0.2) is 20.0 Å². The highest BCUT2D eigenvalue weighted by Crippen LogP contribution is 2.31. The molecule has 0 aliphatic heterocycles. The van der Waals surface area contributed by atoms with E-state index < -0.39 is 0 Å². The monoisotopic (exact) mass is 358 g/mol. The summed E-state index contributed by atoms with van der Waals surface area (Å²) >= 11 is 0. The smallest absolute Gasteiger partial charge is 0.287 e. The van der Waals surface area contributed by atoms with E-state index in [0.717, 1.165) is 38.6 Å². The third-order valence-corrected chi connectivity index (χ3v) is 4.94. The third kappa shape index (κ3) is 3.14. The summed E-state index contributed by atoms with van der Waals surface area (Å²) in [4.78, 5) is 14.8. The molecule has 0 saturated carbocycles. The number of nitrogens with one attached hydrogen (secondary N) is 1. The van der Waals surface area contributed by atoms with Gasteiger partial charge in [-0.25, -0.2) is 0 Å². The lowest BCUT2D eigenvalue weighted by Gasteiger charge is -2.12. The number of hydrogen-bond acceptors (Lipinski definition) is 3. The van der Waals surface area contributed by atoms with Crippen molar-refractivity contribution in [3.8, 4) is 0 Å². The van der Waals surface area contributed by atoms with Gasteiger partial charge in [-0.2, -0.15) is 0 Å². The molecule has 4 nitrogen and oxygen atoms in total. The SMILES string of the molecule is Cc1c(C(=O)NCc2ccc(N(C)C)cc2)oc2c1ccc1ccccc12. The Morgan fingerprint density at radius 2 is 1.70 bits per heavy atom. The van der Waals surface area contributed by atoms with E-state index in [0.29, 0.717) is 12.3 Å². The van der Waals surface area contributed by atoms with E-state index in [9.17, 15) is 4.79 Å². The van der Waals surface area contributed by atoms with Crippen molar-refractivity contribution in [2.45, 2.75) is 13.5 Å². The largest absolute Gasteiger partial charge is 0.450 e. The first-order valence-electron chi connectivity index (χ1n) is 9.00. The number of carbonyl (C=O) groups excluding carboxylic acids is 1. The van der Waals surface area contributed by atoms with Crippen LogP contribution in [-0.2, 0) is 6.54 Å². The van der Waals surface area contributed by atoms with Crippen molar-refractivity contribution in [1.82, 2.24) is 5.32 Å². The second-order valence-corrected chi connectivity index (χ2v) is 6.96. The molecule has 136 valence electrons. The fourth-order valence-corrected chi connectivity index (χ4v) is 3.34. The Morgan fingerprint density at radius 1 is 0.963 bits per heavy atom. The number of amides is 1. The van der Waals surface area contributed by atoms with Gasteiger partial charge < -0.3 is 14.6 Å². The number of aryl methyl sites for hydroxylation is 1. The number of nitrogens with zero attached hydrogens (tertiary/aromatic N) is 1. The van der Waals surface area contributed by atoms with Gasteiger partial charge in [-0.05, 0) is 30.0 Å². The van der Waals surface area contributed by atoms with Crippen molar-refractivity contribution in [3.05, 3.63) is 77.6 Å². The summed E-state index contributed by atoms with van der Waals surface area (Å²) in [5.41, 5.74) is 3.82. The van der Waals surface area contributed by atoms with Crippen LogP contribution in [0.25, 0.3) is 21.7 Å². The first kappa shape index (κ1) is 17.2. The molecule has 0 saturated heterocycles. The van der Waals surface area contributed by atoms with Gasteiger partial charge in [-0.3, -0.25) is 4.79 Å². The molecule has 0 spiro atoms. The Morgan fingerprint density at radius 3 is 2.44 bits per heavy atom. The minimum absolute atomic E-state index is 0.190. The van der Waals surface area contributed by atoms with Crippen molar-refractivity contribution in [2.24, 2.45) is 0 Å². The van der Waals surface area contributed by atoms with Crippen molar-refractivity contribution in [2.75, 3.05) is 19.0 Å². The van der Waals surface area contributed by atoms with Crippen molar-refractivity contribution < 1.29 is 9.21 Å². The number of fused-ring (bicyclic) bond motifs is 3. The minimum atomic E-state index is -0.190. The molecule has 1 heterocycles. The molecule has 1 amide bonds. The summed E-state index contributed by atoms with van der Waals surface area (Å²) in [5, 5.41) is 6.08. The molecule has 3 aromatic carbocycles. The molecular formula is C23H22N2O2. The Balaban J connectivity index is 1.59. The molecule has 0 unspecified atom stereocenters. The van der Waals surface area contributed by atoms with Gasteiger partial charge in [0.25, 0.3) is 5.91 Å². The van der Waals surface area contributed by atoms with E-state index in [1.807, 2.05) is 80.5 Å². The lowest BCUT2D eigenvalue weighted by Crippen LogP contribution is -2.23. The second kappa shape index (κ2) is 6.80. The van der Waals surface area contributed by atoms with Gasteiger partial charge in [-0.1, -0.05) is 48.5 Å². The van der Waals surface area contributed by atoms with Crippen LogP contribution in [0.15, 0.2) is 65.1 Å². The first-order chi connectivity index (χ1) is 13.0. The van der Waals surface area contributed by atoms with E-state index in [2.05, 4.69) is 11.4 Å². The Labute approximate surface area is 158 Å². The Kier molecular flexibility index (Phi) is 4.32. The zero-order valence-electron chi connectivity index (χ0n) is 15.7. The highest BCUT2D eigenvalue weighted by atomic mass is 16.3. The minimum Gasteiger partial charge on any atom is -0.450 e. The third-order valence-electron chi connectivity index (χ3n) is 4.94. The highest BCUT2D eigenvalue weighted by molar-refractivity contribution is 6.08. The average molecular weight is 358 g/mol. The topological polar surface area (TPSA) is 45.5 Å². The standard InChI is InChI=1S/C23H22N2O2/c1-15-19-13-10-17-6-4-5-7-20(17)22(19)27-21(15)23(26)24-14-16-8-11-18(12-9-16)25(2)3/h4-13H,14H2,1-3H3,(H,24,26). The van der Waals surface area contributed by atoms with Crippen LogP contribution in [0.1, 0.15) is 21.7 Å². The van der Waals surface area contributed by atoms with Gasteiger partial charge in [0, 0.05) is 42.7 Å². The molecule has 27 heavy (non-hydrogen) atoms. The summed E-state index contributed by atoms with van der Waals surface area (Å²) in [6.45, 7) is 2.39. The van der Waals surface area contributed by atoms with Gasteiger partial charge in [0.1, 0.15) is 5.58 Å². The molecule has 0 aliphatic carbocycles. The van der Waals surface area contributed by atoms with Crippen molar-refractivity contribution in [3.63, 3.8) is 0 Å². The molecule has 0 radical (unpaired) electrons. The predicted octanol–water partition coefficient (Wildman–Crippen LogP) is 4.89. The molecule has 0 bridgehead atoms. The van der Waals surface area contributed by atoms with Crippen molar-refractivity contribution >= 4 is 33.3 Å². The Hall–Kier alpha value is -3.27. The summed E-state index contributed by atoms with van der Waals surface area (Å²) < 4.78 is 5.99. The molecular weight excluding hydrogens is 336 g/mol. The fraction of sp³-hybridized carbons (Fsp3) is 0.174. The molecule has 0 aliphatic rings. The van der Waals surface area contributed by atoms with Crippen LogP contribution in [0.3, 0.4) is 0 Å². The fourth-order valence-electron chi connectivity index (χ4n) is 3.34.